The number of terminal acetylenes is 1. The van der Waals surface area contributed by atoms with Gasteiger partial charge in [-0.1, -0.05) is 30.3 Å². The van der Waals surface area contributed by atoms with Gasteiger partial charge in [0.2, 0.25) is 5.91 Å². The van der Waals surface area contributed by atoms with E-state index in [1.54, 1.807) is 23.8 Å². The van der Waals surface area contributed by atoms with E-state index in [9.17, 15) is 14.7 Å². The Balaban J connectivity index is 1.75. The highest BCUT2D eigenvalue weighted by molar-refractivity contribution is 5.85. The lowest BCUT2D eigenvalue weighted by molar-refractivity contribution is -0.160. The number of hydrogen-bond donors (Lipinski definition) is 1. The summed E-state index contributed by atoms with van der Waals surface area (Å²) in [5, 5.41) is 10.6. The molecule has 0 bridgehead atoms. The number of carbonyl (C=O) groups excluding carboxylic acids is 2. The summed E-state index contributed by atoms with van der Waals surface area (Å²) in [4.78, 5) is 28.2. The zero-order valence-corrected chi connectivity index (χ0v) is 16.4. The van der Waals surface area contributed by atoms with Gasteiger partial charge in [-0.05, 0) is 38.2 Å². The molecular weight excluding hydrogens is 340 g/mol. The Hall–Kier alpha value is -2.32. The molecule has 1 atom stereocenters. The van der Waals surface area contributed by atoms with Crippen LogP contribution in [0.4, 0.5) is 0 Å². The monoisotopic (exact) mass is 370 g/mol. The molecule has 2 rings (SSSR count). The number of aliphatic hydroxyl groups is 1. The third-order valence-electron chi connectivity index (χ3n) is 5.26. The van der Waals surface area contributed by atoms with Crippen molar-refractivity contribution < 1.29 is 14.7 Å². The van der Waals surface area contributed by atoms with Crippen LogP contribution in [0.15, 0.2) is 30.3 Å². The normalized spacial score (nSPS) is 16.1. The fraction of sp³-hybridized carbons (Fsp3) is 0.545. The molecule has 1 unspecified atom stereocenters. The van der Waals surface area contributed by atoms with Gasteiger partial charge in [0.1, 0.15) is 5.60 Å². The van der Waals surface area contributed by atoms with Gasteiger partial charge in [0.05, 0.1) is 6.04 Å². The minimum atomic E-state index is -1.39. The third-order valence-corrected chi connectivity index (χ3v) is 5.26. The van der Waals surface area contributed by atoms with Crippen molar-refractivity contribution in [3.8, 4) is 12.3 Å². The number of likely N-dealkylation sites (N-methyl/N-ethyl adjacent to an activating group) is 1. The maximum absolute atomic E-state index is 12.6. The van der Waals surface area contributed by atoms with E-state index in [0.717, 1.165) is 18.4 Å². The molecule has 5 heteroatoms. The van der Waals surface area contributed by atoms with Gasteiger partial charge in [-0.3, -0.25) is 9.59 Å². The summed E-state index contributed by atoms with van der Waals surface area (Å²) in [6.45, 7) is 2.53. The molecule has 1 saturated heterocycles. The van der Waals surface area contributed by atoms with Gasteiger partial charge in [0.15, 0.2) is 0 Å². The zero-order valence-electron chi connectivity index (χ0n) is 16.4. The molecule has 0 aliphatic carbocycles. The van der Waals surface area contributed by atoms with Gasteiger partial charge in [0.25, 0.3) is 5.91 Å². The Labute approximate surface area is 162 Å². The van der Waals surface area contributed by atoms with Crippen molar-refractivity contribution in [3.05, 3.63) is 35.9 Å². The number of carbonyl (C=O) groups is 2. The van der Waals surface area contributed by atoms with Crippen LogP contribution >= 0.6 is 0 Å². The highest BCUT2D eigenvalue weighted by atomic mass is 16.3. The molecule has 0 saturated carbocycles. The number of amides is 2. The van der Waals surface area contributed by atoms with Crippen LogP contribution in [0.1, 0.15) is 44.6 Å². The zero-order chi connectivity index (χ0) is 19.9. The minimum Gasteiger partial charge on any atom is -0.380 e. The van der Waals surface area contributed by atoms with E-state index in [4.69, 9.17) is 6.42 Å². The van der Waals surface area contributed by atoms with Crippen LogP contribution in [0, 0.1) is 12.3 Å². The summed E-state index contributed by atoms with van der Waals surface area (Å²) in [6, 6.07) is 9.85. The van der Waals surface area contributed by atoms with Crippen LogP contribution < -0.4 is 0 Å². The molecule has 146 valence electrons. The lowest BCUT2D eigenvalue weighted by Gasteiger charge is -2.46. The summed E-state index contributed by atoms with van der Waals surface area (Å²) in [5.74, 6) is 2.40. The van der Waals surface area contributed by atoms with Crippen LogP contribution in [0.2, 0.25) is 0 Å². The summed E-state index contributed by atoms with van der Waals surface area (Å²) in [7, 11) is 1.78. The molecule has 1 aromatic rings. The molecule has 0 radical (unpaired) electrons. The Bertz CT molecular complexity index is 673. The fourth-order valence-electron chi connectivity index (χ4n) is 3.23. The van der Waals surface area contributed by atoms with Crippen molar-refractivity contribution >= 4 is 11.8 Å². The smallest absolute Gasteiger partial charge is 0.254 e. The summed E-state index contributed by atoms with van der Waals surface area (Å²) in [5.41, 5.74) is -0.291. The number of aryl methyl sites for hydroxylation is 1. The largest absolute Gasteiger partial charge is 0.380 e. The number of nitrogens with zero attached hydrogens (tertiary/aromatic N) is 2. The van der Waals surface area contributed by atoms with Gasteiger partial charge in [0, 0.05) is 33.0 Å². The van der Waals surface area contributed by atoms with Crippen LogP contribution in [-0.4, -0.2) is 58.5 Å². The lowest BCUT2D eigenvalue weighted by atomic mass is 9.93. The number of likely N-dealkylation sites (tertiary alicyclic amines) is 1. The highest BCUT2D eigenvalue weighted by Crippen LogP contribution is 2.23. The first kappa shape index (κ1) is 21.0. The predicted octanol–water partition coefficient (Wildman–Crippen LogP) is 2.23. The highest BCUT2D eigenvalue weighted by Gasteiger charge is 2.42. The summed E-state index contributed by atoms with van der Waals surface area (Å²) in [6.07, 6.45) is 9.06. The van der Waals surface area contributed by atoms with Crippen molar-refractivity contribution in [2.75, 3.05) is 20.1 Å². The first-order valence-electron chi connectivity index (χ1n) is 9.60. The molecule has 1 N–H and O–H groups in total. The Morgan fingerprint density at radius 2 is 1.96 bits per heavy atom. The van der Waals surface area contributed by atoms with Crippen LogP contribution in [-0.2, 0) is 16.0 Å². The standard InChI is InChI=1S/C22H30N2O3/c1-4-5-6-10-13-20(25)23(3)19-16-24(17-19)21(26)22(2,27)15-14-18-11-8-7-9-12-18/h1,7-9,11-12,19,27H,5-6,10,13-17H2,2-3H3. The fourth-order valence-corrected chi connectivity index (χ4v) is 3.23. The van der Waals surface area contributed by atoms with Gasteiger partial charge in [-0.25, -0.2) is 0 Å². The first-order valence-corrected chi connectivity index (χ1v) is 9.60. The van der Waals surface area contributed by atoms with E-state index in [2.05, 4.69) is 5.92 Å². The van der Waals surface area contributed by atoms with Crippen molar-refractivity contribution in [2.24, 2.45) is 0 Å². The van der Waals surface area contributed by atoms with Gasteiger partial charge >= 0.3 is 0 Å². The maximum Gasteiger partial charge on any atom is 0.254 e. The van der Waals surface area contributed by atoms with E-state index >= 15 is 0 Å². The lowest BCUT2D eigenvalue weighted by Crippen LogP contribution is -2.64. The first-order chi connectivity index (χ1) is 12.8. The van der Waals surface area contributed by atoms with Gasteiger partial charge < -0.3 is 14.9 Å². The Morgan fingerprint density at radius 1 is 1.30 bits per heavy atom. The quantitative estimate of drug-likeness (QED) is 0.536. The van der Waals surface area contributed by atoms with Crippen LogP contribution in [0.5, 0.6) is 0 Å². The van der Waals surface area contributed by atoms with E-state index in [1.165, 1.54) is 0 Å². The second-order valence-corrected chi connectivity index (χ2v) is 7.54. The second-order valence-electron chi connectivity index (χ2n) is 7.54. The Kier molecular flexibility index (Phi) is 7.44. The van der Waals surface area contributed by atoms with E-state index in [1.807, 2.05) is 30.3 Å². The summed E-state index contributed by atoms with van der Waals surface area (Å²) < 4.78 is 0. The number of hydrogen-bond acceptors (Lipinski definition) is 3. The van der Waals surface area contributed by atoms with Crippen molar-refractivity contribution in [1.29, 1.82) is 0 Å². The average Bonchev–Trinajstić information content (AvgIpc) is 2.63. The molecule has 1 heterocycles. The van der Waals surface area contributed by atoms with Crippen molar-refractivity contribution in [2.45, 2.75) is 57.1 Å². The predicted molar refractivity (Wildman–Crippen MR) is 106 cm³/mol. The second kappa shape index (κ2) is 9.57. The number of unbranched alkanes of at least 4 members (excludes halogenated alkanes) is 2. The molecule has 1 aromatic carbocycles. The minimum absolute atomic E-state index is 0.0269. The molecule has 1 aliphatic rings. The van der Waals surface area contributed by atoms with Crippen molar-refractivity contribution in [1.82, 2.24) is 9.80 Å². The van der Waals surface area contributed by atoms with Crippen LogP contribution in [0.25, 0.3) is 0 Å². The van der Waals surface area contributed by atoms with E-state index in [0.29, 0.717) is 38.8 Å². The van der Waals surface area contributed by atoms with Gasteiger partial charge in [-0.2, -0.15) is 0 Å². The topological polar surface area (TPSA) is 60.9 Å². The number of benzene rings is 1. The third kappa shape index (κ3) is 5.83. The molecule has 27 heavy (non-hydrogen) atoms. The van der Waals surface area contributed by atoms with Gasteiger partial charge in [-0.15, -0.1) is 12.3 Å². The maximum atomic E-state index is 12.6. The summed E-state index contributed by atoms with van der Waals surface area (Å²) >= 11 is 0. The van der Waals surface area contributed by atoms with E-state index in [-0.39, 0.29) is 17.9 Å². The molecular formula is C22H30N2O3. The molecule has 5 nitrogen and oxygen atoms in total. The molecule has 1 fully saturated rings. The average molecular weight is 370 g/mol. The Morgan fingerprint density at radius 3 is 2.59 bits per heavy atom. The molecule has 1 aliphatic heterocycles. The number of rotatable bonds is 9. The molecule has 0 spiro atoms. The van der Waals surface area contributed by atoms with Crippen molar-refractivity contribution in [3.63, 3.8) is 0 Å². The SMILES string of the molecule is C#CCCCCC(=O)N(C)C1CN(C(=O)C(C)(O)CCc2ccccc2)C1. The van der Waals surface area contributed by atoms with Crippen LogP contribution in [0.3, 0.4) is 0 Å². The van der Waals surface area contributed by atoms with E-state index < -0.39 is 5.60 Å². The molecule has 2 amide bonds. The molecule has 0 aromatic heterocycles.